The lowest BCUT2D eigenvalue weighted by atomic mass is 9.84. The number of carbonyl (C=O) groups excluding carboxylic acids is 1. The second kappa shape index (κ2) is 7.39. The van der Waals surface area contributed by atoms with Crippen LogP contribution in [0.15, 0.2) is 71.0 Å². The second-order valence-electron chi connectivity index (χ2n) is 7.76. The SMILES string of the molecule is COc1ccc(C2=N/C(=C/C=C3/N(C)c4ccccc4C3(C)C)C(=O)O2)cc1[N+](=O)[O-]. The fraction of sp³-hybridized carbons (Fsp3) is 0.217. The zero-order valence-corrected chi connectivity index (χ0v) is 17.6. The van der Waals surface area contributed by atoms with Gasteiger partial charge in [0.05, 0.1) is 12.0 Å². The summed E-state index contributed by atoms with van der Waals surface area (Å²) < 4.78 is 10.3. The second-order valence-corrected chi connectivity index (χ2v) is 7.76. The Morgan fingerprint density at radius 1 is 1.19 bits per heavy atom. The van der Waals surface area contributed by atoms with Gasteiger partial charge in [-0.05, 0) is 35.9 Å². The quantitative estimate of drug-likeness (QED) is 0.320. The van der Waals surface area contributed by atoms with E-state index in [0.717, 1.165) is 11.4 Å². The Morgan fingerprint density at radius 3 is 2.61 bits per heavy atom. The van der Waals surface area contributed by atoms with E-state index in [2.05, 4.69) is 35.9 Å². The Labute approximate surface area is 179 Å². The number of hydrogen-bond donors (Lipinski definition) is 0. The molecule has 31 heavy (non-hydrogen) atoms. The number of aliphatic imine (C=N–C) groups is 1. The van der Waals surface area contributed by atoms with E-state index in [9.17, 15) is 14.9 Å². The van der Waals surface area contributed by atoms with Gasteiger partial charge in [0.25, 0.3) is 0 Å². The maximum atomic E-state index is 12.4. The molecule has 8 heteroatoms. The molecule has 2 aromatic carbocycles. The molecule has 0 saturated heterocycles. The van der Waals surface area contributed by atoms with Crippen LogP contribution in [0.4, 0.5) is 11.4 Å². The number of likely N-dealkylation sites (N-methyl/N-ethyl adjacent to an activating group) is 1. The maximum absolute atomic E-state index is 12.4. The number of nitrogens with zero attached hydrogens (tertiary/aromatic N) is 3. The molecule has 0 bridgehead atoms. The molecule has 0 spiro atoms. The molecule has 0 atom stereocenters. The van der Waals surface area contributed by atoms with Crippen LogP contribution in [0, 0.1) is 10.1 Å². The van der Waals surface area contributed by atoms with Crippen LogP contribution in [0.2, 0.25) is 0 Å². The van der Waals surface area contributed by atoms with Crippen molar-refractivity contribution in [2.75, 3.05) is 19.1 Å². The molecule has 0 aliphatic carbocycles. The fourth-order valence-electron chi connectivity index (χ4n) is 3.97. The minimum absolute atomic E-state index is 0.0164. The number of ether oxygens (including phenoxy) is 2. The highest BCUT2D eigenvalue weighted by Gasteiger charge is 2.38. The van der Waals surface area contributed by atoms with Crippen LogP contribution in [0.1, 0.15) is 25.0 Å². The Bertz CT molecular complexity index is 1190. The lowest BCUT2D eigenvalue weighted by Gasteiger charge is -2.23. The number of nitro groups is 1. The summed E-state index contributed by atoms with van der Waals surface area (Å²) in [6, 6.07) is 12.4. The molecule has 0 radical (unpaired) electrons. The smallest absolute Gasteiger partial charge is 0.363 e. The van der Waals surface area contributed by atoms with Crippen molar-refractivity contribution in [3.05, 3.63) is 87.3 Å². The number of rotatable bonds is 4. The van der Waals surface area contributed by atoms with Gasteiger partial charge in [0, 0.05) is 35.5 Å². The number of nitro benzene ring substituents is 1. The van der Waals surface area contributed by atoms with Crippen molar-refractivity contribution in [1.29, 1.82) is 0 Å². The van der Waals surface area contributed by atoms with E-state index < -0.39 is 10.9 Å². The zero-order chi connectivity index (χ0) is 22.3. The summed E-state index contributed by atoms with van der Waals surface area (Å²) in [6.45, 7) is 4.25. The number of para-hydroxylation sites is 1. The standard InChI is InChI=1S/C23H21N3O5/c1-23(2)15-7-5-6-8-17(15)25(3)20(23)12-10-16-22(27)31-21(24-16)14-9-11-19(30-4)18(13-14)26(28)29/h5-13H,1-4H3/b16-10+,20-12+. The van der Waals surface area contributed by atoms with Crippen molar-refractivity contribution >= 4 is 23.2 Å². The molecule has 0 N–H and O–H groups in total. The number of allylic oxidation sites excluding steroid dienone is 3. The van der Waals surface area contributed by atoms with Crippen LogP contribution in [-0.4, -0.2) is 30.9 Å². The van der Waals surface area contributed by atoms with Gasteiger partial charge < -0.3 is 14.4 Å². The normalized spacial score (nSPS) is 19.4. The van der Waals surface area contributed by atoms with Crippen LogP contribution >= 0.6 is 0 Å². The molecule has 0 aromatic heterocycles. The van der Waals surface area contributed by atoms with Crippen molar-refractivity contribution in [3.8, 4) is 5.75 Å². The summed E-state index contributed by atoms with van der Waals surface area (Å²) in [6.07, 6.45) is 3.48. The predicted octanol–water partition coefficient (Wildman–Crippen LogP) is 4.10. The first-order valence-electron chi connectivity index (χ1n) is 9.63. The van der Waals surface area contributed by atoms with Crippen LogP contribution in [-0.2, 0) is 14.9 Å². The van der Waals surface area contributed by atoms with E-state index in [1.54, 1.807) is 12.1 Å². The van der Waals surface area contributed by atoms with Crippen molar-refractivity contribution in [2.24, 2.45) is 4.99 Å². The highest BCUT2D eigenvalue weighted by Crippen LogP contribution is 2.46. The molecule has 0 unspecified atom stereocenters. The summed E-state index contributed by atoms with van der Waals surface area (Å²) in [4.78, 5) is 29.4. The number of cyclic esters (lactones) is 1. The Hall–Kier alpha value is -3.94. The largest absolute Gasteiger partial charge is 0.490 e. The van der Waals surface area contributed by atoms with E-state index in [4.69, 9.17) is 9.47 Å². The van der Waals surface area contributed by atoms with Gasteiger partial charge >= 0.3 is 11.7 Å². The lowest BCUT2D eigenvalue weighted by Crippen LogP contribution is -2.22. The van der Waals surface area contributed by atoms with Crippen LogP contribution in [0.3, 0.4) is 0 Å². The molecule has 8 nitrogen and oxygen atoms in total. The molecular formula is C23H21N3O5. The van der Waals surface area contributed by atoms with E-state index >= 15 is 0 Å². The first-order chi connectivity index (χ1) is 14.7. The molecule has 158 valence electrons. The van der Waals surface area contributed by atoms with E-state index in [-0.39, 0.29) is 28.4 Å². The number of carbonyl (C=O) groups is 1. The maximum Gasteiger partial charge on any atom is 0.363 e. The van der Waals surface area contributed by atoms with Gasteiger partial charge in [0.2, 0.25) is 5.90 Å². The summed E-state index contributed by atoms with van der Waals surface area (Å²) in [5, 5.41) is 11.3. The van der Waals surface area contributed by atoms with Gasteiger partial charge in [-0.25, -0.2) is 9.79 Å². The van der Waals surface area contributed by atoms with Crippen LogP contribution in [0.25, 0.3) is 0 Å². The zero-order valence-electron chi connectivity index (χ0n) is 17.6. The fourth-order valence-corrected chi connectivity index (χ4v) is 3.97. The third-order valence-corrected chi connectivity index (χ3v) is 5.58. The number of methoxy groups -OCH3 is 1. The monoisotopic (exact) mass is 419 g/mol. The third-order valence-electron chi connectivity index (χ3n) is 5.58. The Balaban J connectivity index is 1.68. The Kier molecular flexibility index (Phi) is 4.85. The molecular weight excluding hydrogens is 398 g/mol. The number of anilines is 1. The van der Waals surface area contributed by atoms with Gasteiger partial charge in [0.15, 0.2) is 11.4 Å². The predicted molar refractivity (Wildman–Crippen MR) is 116 cm³/mol. The number of benzene rings is 2. The molecule has 4 rings (SSSR count). The molecule has 2 aliphatic heterocycles. The average molecular weight is 419 g/mol. The van der Waals surface area contributed by atoms with Gasteiger partial charge in [-0.3, -0.25) is 10.1 Å². The molecule has 2 heterocycles. The van der Waals surface area contributed by atoms with E-state index in [0.29, 0.717) is 5.56 Å². The van der Waals surface area contributed by atoms with Gasteiger partial charge in [-0.2, -0.15) is 0 Å². The molecule has 2 aromatic rings. The number of esters is 1. The first kappa shape index (κ1) is 20.3. The number of hydrogen-bond acceptors (Lipinski definition) is 7. The van der Waals surface area contributed by atoms with E-state index in [1.807, 2.05) is 25.3 Å². The van der Waals surface area contributed by atoms with Crippen LogP contribution in [0.5, 0.6) is 5.75 Å². The lowest BCUT2D eigenvalue weighted by molar-refractivity contribution is -0.385. The highest BCUT2D eigenvalue weighted by molar-refractivity contribution is 6.11. The topological polar surface area (TPSA) is 94.3 Å². The van der Waals surface area contributed by atoms with Crippen molar-refractivity contribution in [1.82, 2.24) is 0 Å². The van der Waals surface area contributed by atoms with Crippen molar-refractivity contribution in [2.45, 2.75) is 19.3 Å². The highest BCUT2D eigenvalue weighted by atomic mass is 16.6. The first-order valence-corrected chi connectivity index (χ1v) is 9.63. The minimum atomic E-state index is -0.610. The molecule has 0 fully saturated rings. The third kappa shape index (κ3) is 3.35. The summed E-state index contributed by atoms with van der Waals surface area (Å²) >= 11 is 0. The van der Waals surface area contributed by atoms with Gasteiger partial charge in [0.1, 0.15) is 0 Å². The molecule has 0 saturated carbocycles. The van der Waals surface area contributed by atoms with Gasteiger partial charge in [-0.1, -0.05) is 32.0 Å². The van der Waals surface area contributed by atoms with Crippen molar-refractivity contribution < 1.29 is 19.2 Å². The summed E-state index contributed by atoms with van der Waals surface area (Å²) in [5.41, 5.74) is 3.30. The average Bonchev–Trinajstić information content (AvgIpc) is 3.21. The summed E-state index contributed by atoms with van der Waals surface area (Å²) in [5.74, 6) is -0.478. The number of fused-ring (bicyclic) bond motifs is 1. The Morgan fingerprint density at radius 2 is 1.94 bits per heavy atom. The summed E-state index contributed by atoms with van der Waals surface area (Å²) in [7, 11) is 3.33. The molecule has 0 amide bonds. The van der Waals surface area contributed by atoms with Gasteiger partial charge in [-0.15, -0.1) is 0 Å². The minimum Gasteiger partial charge on any atom is -0.490 e. The molecule has 2 aliphatic rings. The van der Waals surface area contributed by atoms with Crippen molar-refractivity contribution in [3.63, 3.8) is 0 Å². The van der Waals surface area contributed by atoms with Crippen LogP contribution < -0.4 is 9.64 Å². The van der Waals surface area contributed by atoms with E-state index in [1.165, 1.54) is 24.8 Å².